The van der Waals surface area contributed by atoms with E-state index in [2.05, 4.69) is 46.5 Å². The minimum absolute atomic E-state index is 0.136. The average molecular weight is 452 g/mol. The van der Waals surface area contributed by atoms with Crippen LogP contribution in [0.1, 0.15) is 41.1 Å². The van der Waals surface area contributed by atoms with Gasteiger partial charge >= 0.3 is 0 Å². The van der Waals surface area contributed by atoms with Crippen molar-refractivity contribution < 1.29 is 0 Å². The molecule has 2 heterocycles. The van der Waals surface area contributed by atoms with Crippen LogP contribution in [0.5, 0.6) is 0 Å². The van der Waals surface area contributed by atoms with E-state index in [1.807, 2.05) is 65.3 Å². The highest BCUT2D eigenvalue weighted by molar-refractivity contribution is 6.30. The van der Waals surface area contributed by atoms with Crippen molar-refractivity contribution in [2.75, 3.05) is 0 Å². The number of aromatic amines is 1. The molecule has 5 aromatic rings. The van der Waals surface area contributed by atoms with Crippen molar-refractivity contribution in [2.45, 2.75) is 24.3 Å². The fraction of sp³-hybridized carbons (Fsp3) is 0.143. The summed E-state index contributed by atoms with van der Waals surface area (Å²) in [6.45, 7) is 0. The highest BCUT2D eigenvalue weighted by Gasteiger charge is 2.41. The number of fused-ring (bicyclic) bond motifs is 1. The van der Waals surface area contributed by atoms with Gasteiger partial charge < -0.3 is 0 Å². The van der Waals surface area contributed by atoms with Crippen LogP contribution in [-0.4, -0.2) is 14.8 Å². The van der Waals surface area contributed by atoms with Gasteiger partial charge in [0.15, 0.2) is 0 Å². The van der Waals surface area contributed by atoms with Gasteiger partial charge in [-0.2, -0.15) is 0 Å². The summed E-state index contributed by atoms with van der Waals surface area (Å²) >= 11 is 6.52. The molecule has 0 bridgehead atoms. The van der Waals surface area contributed by atoms with Crippen LogP contribution < -0.4 is 5.56 Å². The van der Waals surface area contributed by atoms with Gasteiger partial charge in [-0.05, 0) is 29.5 Å². The SMILES string of the molecule is O=c1[nH]n(C(c2ccccc2)(c2ccccc2)c2ccccc2)c2cc(Cl)nc(C3CC3)c12. The van der Waals surface area contributed by atoms with E-state index in [4.69, 9.17) is 11.6 Å². The minimum atomic E-state index is -0.809. The third-order valence-corrected chi connectivity index (χ3v) is 6.74. The molecule has 33 heavy (non-hydrogen) atoms. The number of hydrogen-bond acceptors (Lipinski definition) is 2. The van der Waals surface area contributed by atoms with Gasteiger partial charge in [-0.1, -0.05) is 103 Å². The van der Waals surface area contributed by atoms with E-state index >= 15 is 0 Å². The maximum atomic E-state index is 13.4. The Bertz CT molecular complexity index is 1390. The highest BCUT2D eigenvalue weighted by Crippen LogP contribution is 2.45. The number of rotatable bonds is 5. The number of H-pyrrole nitrogens is 1. The largest absolute Gasteiger partial charge is 0.273 e. The first kappa shape index (κ1) is 20.0. The van der Waals surface area contributed by atoms with Gasteiger partial charge in [0.2, 0.25) is 0 Å². The normalized spacial score (nSPS) is 14.0. The Labute approximate surface area is 196 Å². The van der Waals surface area contributed by atoms with Crippen molar-refractivity contribution in [1.29, 1.82) is 0 Å². The van der Waals surface area contributed by atoms with Gasteiger partial charge in [0.1, 0.15) is 10.7 Å². The van der Waals surface area contributed by atoms with Crippen molar-refractivity contribution in [3.63, 3.8) is 0 Å². The van der Waals surface area contributed by atoms with Crippen molar-refractivity contribution in [3.8, 4) is 0 Å². The van der Waals surface area contributed by atoms with E-state index in [0.29, 0.717) is 16.5 Å². The molecule has 4 nitrogen and oxygen atoms in total. The van der Waals surface area contributed by atoms with Crippen LogP contribution in [0.2, 0.25) is 5.15 Å². The van der Waals surface area contributed by atoms with Gasteiger partial charge in [0, 0.05) is 12.0 Å². The molecule has 1 saturated carbocycles. The monoisotopic (exact) mass is 451 g/mol. The number of pyridine rings is 1. The Morgan fingerprint density at radius 2 is 1.30 bits per heavy atom. The number of aromatic nitrogens is 3. The van der Waals surface area contributed by atoms with E-state index in [1.165, 1.54) is 0 Å². The summed E-state index contributed by atoms with van der Waals surface area (Å²) in [5.74, 6) is 0.294. The molecule has 0 spiro atoms. The molecule has 0 amide bonds. The zero-order valence-electron chi connectivity index (χ0n) is 17.9. The lowest BCUT2D eigenvalue weighted by Gasteiger charge is -2.37. The topological polar surface area (TPSA) is 50.7 Å². The van der Waals surface area contributed by atoms with Crippen LogP contribution in [0.25, 0.3) is 10.9 Å². The third kappa shape index (κ3) is 3.13. The zero-order valence-corrected chi connectivity index (χ0v) is 18.7. The van der Waals surface area contributed by atoms with E-state index in [1.54, 1.807) is 0 Å². The standard InChI is InChI=1S/C28H22ClN3O/c29-24-18-23-25(26(30-24)19-16-17-19)27(33)31-32(23)28(20-10-4-1-5-11-20,21-12-6-2-7-13-21)22-14-8-3-9-15-22/h1-15,18-19H,16-17H2,(H,31,33). The number of benzene rings is 3. The molecule has 0 radical (unpaired) electrons. The fourth-order valence-corrected chi connectivity index (χ4v) is 5.18. The lowest BCUT2D eigenvalue weighted by Crippen LogP contribution is -2.39. The first-order valence-corrected chi connectivity index (χ1v) is 11.6. The Kier molecular flexibility index (Phi) is 4.70. The van der Waals surface area contributed by atoms with Crippen LogP contribution in [-0.2, 0) is 5.54 Å². The first-order valence-electron chi connectivity index (χ1n) is 11.2. The van der Waals surface area contributed by atoms with Crippen LogP contribution in [0.4, 0.5) is 0 Å². The number of hydrogen-bond donors (Lipinski definition) is 1. The summed E-state index contributed by atoms with van der Waals surface area (Å²) in [5, 5.41) is 4.24. The predicted octanol–water partition coefficient (Wildman–Crippen LogP) is 6.10. The third-order valence-electron chi connectivity index (χ3n) is 6.55. The molecule has 0 atom stereocenters. The molecule has 162 valence electrons. The van der Waals surface area contributed by atoms with Gasteiger partial charge in [-0.15, -0.1) is 0 Å². The van der Waals surface area contributed by atoms with E-state index in [-0.39, 0.29) is 5.56 Å². The zero-order chi connectivity index (χ0) is 22.4. The summed E-state index contributed by atoms with van der Waals surface area (Å²) in [6.07, 6.45) is 2.07. The second-order valence-electron chi connectivity index (χ2n) is 8.58. The van der Waals surface area contributed by atoms with Gasteiger partial charge in [-0.25, -0.2) is 4.98 Å². The van der Waals surface area contributed by atoms with Crippen LogP contribution in [0.3, 0.4) is 0 Å². The van der Waals surface area contributed by atoms with Gasteiger partial charge in [-0.3, -0.25) is 14.6 Å². The molecule has 1 aliphatic rings. The summed E-state index contributed by atoms with van der Waals surface area (Å²) < 4.78 is 1.99. The Morgan fingerprint density at radius 3 is 1.76 bits per heavy atom. The van der Waals surface area contributed by atoms with Gasteiger partial charge in [0.05, 0.1) is 16.6 Å². The lowest BCUT2D eigenvalue weighted by molar-refractivity contribution is 0.472. The highest BCUT2D eigenvalue weighted by atomic mass is 35.5. The number of nitrogens with zero attached hydrogens (tertiary/aromatic N) is 2. The van der Waals surface area contributed by atoms with Crippen molar-refractivity contribution in [3.05, 3.63) is 135 Å². The number of nitrogens with one attached hydrogen (secondary N) is 1. The Morgan fingerprint density at radius 1 is 0.818 bits per heavy atom. The quantitative estimate of drug-likeness (QED) is 0.259. The van der Waals surface area contributed by atoms with Crippen molar-refractivity contribution >= 4 is 22.5 Å². The van der Waals surface area contributed by atoms with Crippen LogP contribution in [0.15, 0.2) is 102 Å². The molecular weight excluding hydrogens is 430 g/mol. The number of halogens is 1. The summed E-state index contributed by atoms with van der Waals surface area (Å²) in [4.78, 5) is 18.0. The van der Waals surface area contributed by atoms with E-state index < -0.39 is 5.54 Å². The smallest absolute Gasteiger partial charge is 0.267 e. The molecule has 2 aromatic heterocycles. The summed E-state index contributed by atoms with van der Waals surface area (Å²) in [5.41, 5.74) is 3.74. The first-order chi connectivity index (χ1) is 16.2. The van der Waals surface area contributed by atoms with Crippen molar-refractivity contribution in [1.82, 2.24) is 14.8 Å². The van der Waals surface area contributed by atoms with Crippen LogP contribution >= 0.6 is 11.6 Å². The summed E-state index contributed by atoms with van der Waals surface area (Å²) in [7, 11) is 0. The Hall–Kier alpha value is -3.63. The molecule has 1 N–H and O–H groups in total. The fourth-order valence-electron chi connectivity index (χ4n) is 4.99. The molecule has 0 saturated heterocycles. The predicted molar refractivity (Wildman–Crippen MR) is 132 cm³/mol. The average Bonchev–Trinajstić information content (AvgIpc) is 3.66. The maximum absolute atomic E-state index is 13.4. The second kappa shape index (κ2) is 7.75. The molecule has 1 fully saturated rings. The second-order valence-corrected chi connectivity index (χ2v) is 8.97. The van der Waals surface area contributed by atoms with Crippen LogP contribution in [0, 0.1) is 0 Å². The van der Waals surface area contributed by atoms with E-state index in [9.17, 15) is 4.79 Å². The minimum Gasteiger partial charge on any atom is -0.267 e. The Balaban J connectivity index is 1.81. The molecule has 3 aromatic carbocycles. The van der Waals surface area contributed by atoms with Gasteiger partial charge in [0.25, 0.3) is 5.56 Å². The molecule has 5 heteroatoms. The molecular formula is C28H22ClN3O. The lowest BCUT2D eigenvalue weighted by atomic mass is 9.77. The van der Waals surface area contributed by atoms with Crippen molar-refractivity contribution in [2.24, 2.45) is 0 Å². The summed E-state index contributed by atoms with van der Waals surface area (Å²) in [6, 6.07) is 32.7. The van der Waals surface area contributed by atoms with E-state index in [0.717, 1.165) is 40.7 Å². The molecule has 6 rings (SSSR count). The maximum Gasteiger partial charge on any atom is 0.273 e. The molecule has 0 unspecified atom stereocenters. The molecule has 1 aliphatic carbocycles. The molecule has 0 aliphatic heterocycles.